The van der Waals surface area contributed by atoms with E-state index in [1.54, 1.807) is 7.11 Å². The number of carbonyl (C=O) groups excluding carboxylic acids is 2. The molecule has 1 saturated heterocycles. The van der Waals surface area contributed by atoms with Gasteiger partial charge in [-0.05, 0) is 55.9 Å². The number of methoxy groups -OCH3 is 1. The van der Waals surface area contributed by atoms with Gasteiger partial charge in [0.2, 0.25) is 0 Å². The lowest BCUT2D eigenvalue weighted by Gasteiger charge is -2.34. The molecule has 0 amide bonds. The Bertz CT molecular complexity index is 1210. The average Bonchev–Trinajstić information content (AvgIpc) is 3.44. The predicted molar refractivity (Wildman–Crippen MR) is 139 cm³/mol. The Kier molecular flexibility index (Phi) is 7.70. The van der Waals surface area contributed by atoms with E-state index < -0.39 is 11.8 Å². The minimum absolute atomic E-state index is 0.0443. The van der Waals surface area contributed by atoms with Crippen molar-refractivity contribution in [2.24, 2.45) is 10.9 Å². The van der Waals surface area contributed by atoms with Gasteiger partial charge in [0.25, 0.3) is 0 Å². The van der Waals surface area contributed by atoms with E-state index in [0.29, 0.717) is 42.4 Å². The number of rotatable bonds is 8. The highest BCUT2D eigenvalue weighted by Crippen LogP contribution is 2.45. The maximum atomic E-state index is 13.5. The molecule has 1 fully saturated rings. The summed E-state index contributed by atoms with van der Waals surface area (Å²) in [6.45, 7) is 3.16. The van der Waals surface area contributed by atoms with E-state index in [1.165, 1.54) is 0 Å². The van der Waals surface area contributed by atoms with Crippen LogP contribution in [-0.4, -0.2) is 43.9 Å². The molecule has 1 unspecified atom stereocenters. The van der Waals surface area contributed by atoms with Crippen LogP contribution in [0.3, 0.4) is 0 Å². The molecule has 0 N–H and O–H groups in total. The van der Waals surface area contributed by atoms with Crippen molar-refractivity contribution >= 4 is 17.5 Å². The first-order chi connectivity index (χ1) is 18.0. The zero-order chi connectivity index (χ0) is 25.8. The highest BCUT2D eigenvalue weighted by Gasteiger charge is 2.43. The minimum Gasteiger partial charge on any atom is -0.493 e. The average molecular weight is 504 g/mol. The van der Waals surface area contributed by atoms with Crippen molar-refractivity contribution in [1.29, 1.82) is 0 Å². The Morgan fingerprint density at radius 2 is 1.92 bits per heavy atom. The molecule has 0 saturated carbocycles. The highest BCUT2D eigenvalue weighted by molar-refractivity contribution is 6.08. The molecule has 1 aliphatic carbocycles. The van der Waals surface area contributed by atoms with Gasteiger partial charge in [-0.15, -0.1) is 0 Å². The quantitative estimate of drug-likeness (QED) is 0.462. The maximum absolute atomic E-state index is 13.5. The van der Waals surface area contributed by atoms with Crippen LogP contribution < -0.4 is 9.47 Å². The summed E-state index contributed by atoms with van der Waals surface area (Å²) in [5.74, 6) is -0.376. The number of carbonyl (C=O) groups is 2. The first kappa shape index (κ1) is 25.2. The van der Waals surface area contributed by atoms with Gasteiger partial charge in [0.1, 0.15) is 19.1 Å². The normalized spacial score (nSPS) is 23.4. The third-order valence-electron chi connectivity index (χ3n) is 7.31. The molecule has 7 nitrogen and oxygen atoms in total. The lowest BCUT2D eigenvalue weighted by atomic mass is 9.71. The predicted octanol–water partition coefficient (Wildman–Crippen LogP) is 5.18. The third-order valence-corrected chi connectivity index (χ3v) is 7.31. The largest absolute Gasteiger partial charge is 0.493 e. The van der Waals surface area contributed by atoms with Crippen LogP contribution in [0.4, 0.5) is 0 Å². The number of ether oxygens (including phenoxy) is 4. The molecule has 0 bridgehead atoms. The first-order valence-corrected chi connectivity index (χ1v) is 13.0. The van der Waals surface area contributed by atoms with Crippen LogP contribution in [0.5, 0.6) is 11.5 Å². The van der Waals surface area contributed by atoms with E-state index in [2.05, 4.69) is 0 Å². The number of ketones is 1. The van der Waals surface area contributed by atoms with Crippen LogP contribution in [0.1, 0.15) is 56.1 Å². The van der Waals surface area contributed by atoms with E-state index in [1.807, 2.05) is 55.5 Å². The second-order valence-corrected chi connectivity index (χ2v) is 9.80. The molecule has 2 aliphatic heterocycles. The summed E-state index contributed by atoms with van der Waals surface area (Å²) in [5, 5.41) is 0. The van der Waals surface area contributed by atoms with Gasteiger partial charge < -0.3 is 18.9 Å². The van der Waals surface area contributed by atoms with Gasteiger partial charge in [-0.2, -0.15) is 0 Å². The van der Waals surface area contributed by atoms with E-state index >= 15 is 0 Å². The van der Waals surface area contributed by atoms with Crippen LogP contribution in [0.2, 0.25) is 0 Å². The van der Waals surface area contributed by atoms with Crippen molar-refractivity contribution in [2.75, 3.05) is 20.3 Å². The zero-order valence-electron chi connectivity index (χ0n) is 21.4. The molecule has 7 heteroatoms. The second kappa shape index (κ2) is 11.3. The lowest BCUT2D eigenvalue weighted by molar-refractivity contribution is -0.149. The summed E-state index contributed by atoms with van der Waals surface area (Å²) >= 11 is 0. The number of aliphatic imine (C=N–C) groups is 1. The van der Waals surface area contributed by atoms with Gasteiger partial charge in [-0.1, -0.05) is 36.4 Å². The second-order valence-electron chi connectivity index (χ2n) is 9.80. The summed E-state index contributed by atoms with van der Waals surface area (Å²) in [6.07, 6.45) is 3.72. The van der Waals surface area contributed by atoms with E-state index in [-0.39, 0.29) is 24.5 Å². The van der Waals surface area contributed by atoms with Crippen LogP contribution in [0.15, 0.2) is 64.8 Å². The molecule has 0 radical (unpaired) electrons. The van der Waals surface area contributed by atoms with Gasteiger partial charge in [0.15, 0.2) is 17.3 Å². The Hall–Kier alpha value is -3.45. The van der Waals surface area contributed by atoms with Crippen molar-refractivity contribution in [3.05, 3.63) is 70.9 Å². The fourth-order valence-corrected chi connectivity index (χ4v) is 5.44. The molecule has 3 aliphatic rings. The Morgan fingerprint density at radius 1 is 1.08 bits per heavy atom. The molecule has 2 aromatic carbocycles. The fraction of sp³-hybridized carbons (Fsp3) is 0.433. The molecular formula is C30H33NO6. The molecule has 0 aromatic heterocycles. The number of benzene rings is 2. The lowest BCUT2D eigenvalue weighted by Crippen LogP contribution is -2.38. The molecule has 194 valence electrons. The number of hydrogen-bond donors (Lipinski definition) is 0. The summed E-state index contributed by atoms with van der Waals surface area (Å²) in [5.41, 5.74) is 3.92. The van der Waals surface area contributed by atoms with E-state index in [0.717, 1.165) is 42.5 Å². The number of Topliss-reactive ketones (excluding diaryl/α,β-unsaturated/α-hetero) is 1. The van der Waals surface area contributed by atoms with E-state index in [4.69, 9.17) is 23.9 Å². The summed E-state index contributed by atoms with van der Waals surface area (Å²) in [7, 11) is 1.59. The Labute approximate surface area is 217 Å². The van der Waals surface area contributed by atoms with E-state index in [9.17, 15) is 9.59 Å². The van der Waals surface area contributed by atoms with Gasteiger partial charge >= 0.3 is 5.97 Å². The van der Waals surface area contributed by atoms with Crippen molar-refractivity contribution in [1.82, 2.24) is 0 Å². The molecular weight excluding hydrogens is 470 g/mol. The molecule has 3 atom stereocenters. The van der Waals surface area contributed by atoms with Crippen LogP contribution in [0.25, 0.3) is 0 Å². The van der Waals surface area contributed by atoms with Gasteiger partial charge in [0.05, 0.1) is 13.2 Å². The molecule has 2 aromatic rings. The van der Waals surface area contributed by atoms with Crippen LogP contribution >= 0.6 is 0 Å². The van der Waals surface area contributed by atoms with Crippen LogP contribution in [0, 0.1) is 5.92 Å². The molecule has 37 heavy (non-hydrogen) atoms. The topological polar surface area (TPSA) is 83.4 Å². The summed E-state index contributed by atoms with van der Waals surface area (Å²) < 4.78 is 23.1. The number of nitrogens with zero attached hydrogens (tertiary/aromatic N) is 1. The standard InChI is InChI=1S/C30H33NO6/c1-19-27(30(33)37-18-22-10-7-15-35-22)28(29-23(31-19)11-6-12-24(29)32)21-13-14-25(26(16-21)34-2)36-17-20-8-4-3-5-9-20/h3-5,8-9,13-14,16,22,27-28H,6-7,10-12,15,17-18H2,1-2H3/t22-,27?,28-/m1/s1. The van der Waals surface area contributed by atoms with Gasteiger partial charge in [-0.3, -0.25) is 14.6 Å². The smallest absolute Gasteiger partial charge is 0.315 e. The minimum atomic E-state index is -0.692. The van der Waals surface area contributed by atoms with Gasteiger partial charge in [-0.25, -0.2) is 0 Å². The number of allylic oxidation sites excluding steroid dienone is 2. The third kappa shape index (κ3) is 5.47. The van der Waals surface area contributed by atoms with Crippen LogP contribution in [-0.2, 0) is 25.7 Å². The molecule has 5 rings (SSSR count). The van der Waals surface area contributed by atoms with Crippen molar-refractivity contribution in [3.63, 3.8) is 0 Å². The Balaban J connectivity index is 1.45. The van der Waals surface area contributed by atoms with Crippen molar-refractivity contribution < 1.29 is 28.5 Å². The highest BCUT2D eigenvalue weighted by atomic mass is 16.6. The first-order valence-electron chi connectivity index (χ1n) is 13.0. The Morgan fingerprint density at radius 3 is 2.68 bits per heavy atom. The number of esters is 1. The van der Waals surface area contributed by atoms with Gasteiger partial charge in [0, 0.05) is 35.9 Å². The monoisotopic (exact) mass is 503 g/mol. The maximum Gasteiger partial charge on any atom is 0.315 e. The number of hydrogen-bond acceptors (Lipinski definition) is 7. The molecule has 0 spiro atoms. The zero-order valence-corrected chi connectivity index (χ0v) is 21.4. The van der Waals surface area contributed by atoms with Crippen molar-refractivity contribution in [2.45, 2.75) is 57.7 Å². The summed E-state index contributed by atoms with van der Waals surface area (Å²) in [6, 6.07) is 15.5. The summed E-state index contributed by atoms with van der Waals surface area (Å²) in [4.78, 5) is 31.4. The molecule has 2 heterocycles. The van der Waals surface area contributed by atoms with Crippen molar-refractivity contribution in [3.8, 4) is 11.5 Å². The SMILES string of the molecule is COc1cc([C@H]2C3=C(CCCC3=O)N=C(C)C2C(=O)OC[C@H]2CCCO2)ccc1OCc1ccccc1. The fourth-order valence-electron chi connectivity index (χ4n) is 5.44.